The van der Waals surface area contributed by atoms with Gasteiger partial charge in [0.1, 0.15) is 10.6 Å². The van der Waals surface area contributed by atoms with Gasteiger partial charge in [0.15, 0.2) is 5.16 Å². The van der Waals surface area contributed by atoms with Crippen molar-refractivity contribution in [2.75, 3.05) is 5.73 Å². The number of fused-ring (bicyclic) bond motifs is 3. The molecule has 2 N–H and O–H groups in total. The number of nitrogen functional groups attached to an aromatic ring is 1. The van der Waals surface area contributed by atoms with Gasteiger partial charge in [0.2, 0.25) is 0 Å². The van der Waals surface area contributed by atoms with Crippen LogP contribution in [0.1, 0.15) is 37.6 Å². The SMILES string of the molecule is Nc1nc(SCc2ccccc2Cl)nc2sc3c(c12)C[C@@H](c1ccccc1)S[C@@H]3c1ccccc1. The Hall–Kier alpha value is -2.51. The minimum atomic E-state index is 0.239. The molecule has 0 unspecified atom stereocenters. The Labute approximate surface area is 222 Å². The van der Waals surface area contributed by atoms with E-state index in [-0.39, 0.29) is 5.25 Å². The second kappa shape index (κ2) is 9.86. The molecule has 0 saturated heterocycles. The van der Waals surface area contributed by atoms with E-state index in [1.807, 2.05) is 36.0 Å². The van der Waals surface area contributed by atoms with Crippen molar-refractivity contribution < 1.29 is 0 Å². The molecule has 0 fully saturated rings. The topological polar surface area (TPSA) is 51.8 Å². The van der Waals surface area contributed by atoms with E-state index in [4.69, 9.17) is 27.3 Å². The monoisotopic (exact) mass is 531 g/mol. The lowest BCUT2D eigenvalue weighted by Gasteiger charge is -2.30. The van der Waals surface area contributed by atoms with Gasteiger partial charge in [-0.15, -0.1) is 23.1 Å². The van der Waals surface area contributed by atoms with Crippen molar-refractivity contribution in [2.24, 2.45) is 0 Å². The van der Waals surface area contributed by atoms with E-state index in [2.05, 4.69) is 60.7 Å². The highest BCUT2D eigenvalue weighted by atomic mass is 35.5. The van der Waals surface area contributed by atoms with E-state index in [0.717, 1.165) is 27.2 Å². The lowest BCUT2D eigenvalue weighted by atomic mass is 9.98. The minimum Gasteiger partial charge on any atom is -0.383 e. The molecular weight excluding hydrogens is 510 g/mol. The van der Waals surface area contributed by atoms with Crippen LogP contribution in [0.2, 0.25) is 5.02 Å². The standard InChI is InChI=1S/C28H22ClN3S3/c29-21-14-8-7-13-19(21)16-33-28-31-26(30)23-20-15-22(17-9-3-1-4-10-17)34-24(18-11-5-2-6-12-18)25(20)35-27(23)32-28/h1-14,22,24H,15-16H2,(H2,30,31,32)/t22-,24+/m0/s1. The summed E-state index contributed by atoms with van der Waals surface area (Å²) in [6.07, 6.45) is 0.924. The predicted octanol–water partition coefficient (Wildman–Crippen LogP) is 8.34. The number of rotatable bonds is 5. The summed E-state index contributed by atoms with van der Waals surface area (Å²) in [6, 6.07) is 29.4. The summed E-state index contributed by atoms with van der Waals surface area (Å²) in [5, 5.41) is 3.06. The molecule has 2 atom stereocenters. The van der Waals surface area contributed by atoms with Gasteiger partial charge in [-0.25, -0.2) is 9.97 Å². The summed E-state index contributed by atoms with van der Waals surface area (Å²) in [6.45, 7) is 0. The quantitative estimate of drug-likeness (QED) is 0.182. The molecule has 5 aromatic rings. The number of hydrogen-bond acceptors (Lipinski definition) is 6. The molecule has 3 heterocycles. The molecule has 6 rings (SSSR count). The van der Waals surface area contributed by atoms with Crippen LogP contribution in [-0.2, 0) is 12.2 Å². The Balaban J connectivity index is 1.41. The molecule has 0 bridgehead atoms. The fourth-order valence-electron chi connectivity index (χ4n) is 4.50. The first kappa shape index (κ1) is 22.9. The second-order valence-electron chi connectivity index (χ2n) is 8.43. The number of thioether (sulfide) groups is 2. The number of halogens is 1. The Kier molecular flexibility index (Phi) is 6.46. The normalized spacial score (nSPS) is 17.4. The molecule has 0 amide bonds. The van der Waals surface area contributed by atoms with Gasteiger partial charge < -0.3 is 5.73 Å². The molecule has 0 spiro atoms. The summed E-state index contributed by atoms with van der Waals surface area (Å²) < 4.78 is 0. The summed E-state index contributed by atoms with van der Waals surface area (Å²) in [5.74, 6) is 1.27. The zero-order valence-corrected chi connectivity index (χ0v) is 21.9. The number of aromatic nitrogens is 2. The maximum atomic E-state index is 6.60. The van der Waals surface area contributed by atoms with Crippen molar-refractivity contribution in [1.82, 2.24) is 9.97 Å². The van der Waals surface area contributed by atoms with E-state index in [9.17, 15) is 0 Å². The third kappa shape index (κ3) is 4.56. The number of hydrogen-bond donors (Lipinski definition) is 1. The zero-order chi connectivity index (χ0) is 23.8. The van der Waals surface area contributed by atoms with Gasteiger partial charge in [0.05, 0.1) is 10.6 Å². The molecule has 3 nitrogen and oxygen atoms in total. The van der Waals surface area contributed by atoms with Gasteiger partial charge in [-0.1, -0.05) is 102 Å². The molecule has 0 aliphatic carbocycles. The minimum absolute atomic E-state index is 0.239. The van der Waals surface area contributed by atoms with E-state index >= 15 is 0 Å². The first-order valence-electron chi connectivity index (χ1n) is 11.4. The van der Waals surface area contributed by atoms with E-state index < -0.39 is 0 Å². The maximum Gasteiger partial charge on any atom is 0.191 e. The molecule has 1 aliphatic heterocycles. The van der Waals surface area contributed by atoms with Crippen LogP contribution in [0.4, 0.5) is 5.82 Å². The maximum absolute atomic E-state index is 6.60. The van der Waals surface area contributed by atoms with Gasteiger partial charge in [0.25, 0.3) is 0 Å². The zero-order valence-electron chi connectivity index (χ0n) is 18.7. The van der Waals surface area contributed by atoms with E-state index in [1.165, 1.54) is 21.6 Å². The number of nitrogens with zero attached hydrogens (tertiary/aromatic N) is 2. The highest BCUT2D eigenvalue weighted by Crippen LogP contribution is 2.55. The van der Waals surface area contributed by atoms with Crippen LogP contribution >= 0.6 is 46.5 Å². The highest BCUT2D eigenvalue weighted by Gasteiger charge is 2.34. The highest BCUT2D eigenvalue weighted by molar-refractivity contribution is 8.00. The average molecular weight is 532 g/mol. The number of thiophene rings is 1. The van der Waals surface area contributed by atoms with Crippen LogP contribution in [0.3, 0.4) is 0 Å². The van der Waals surface area contributed by atoms with Gasteiger partial charge in [0, 0.05) is 20.9 Å². The first-order chi connectivity index (χ1) is 17.2. The largest absolute Gasteiger partial charge is 0.383 e. The summed E-state index contributed by atoms with van der Waals surface area (Å²) >= 11 is 11.7. The molecular formula is C28H22ClN3S3. The van der Waals surface area contributed by atoms with Gasteiger partial charge >= 0.3 is 0 Å². The van der Waals surface area contributed by atoms with Crippen LogP contribution in [0, 0.1) is 0 Å². The van der Waals surface area contributed by atoms with E-state index in [0.29, 0.717) is 22.0 Å². The van der Waals surface area contributed by atoms with Crippen molar-refractivity contribution in [3.63, 3.8) is 0 Å². The van der Waals surface area contributed by atoms with Crippen LogP contribution in [0.15, 0.2) is 90.1 Å². The summed E-state index contributed by atoms with van der Waals surface area (Å²) in [4.78, 5) is 12.0. The summed E-state index contributed by atoms with van der Waals surface area (Å²) in [5.41, 5.74) is 11.6. The molecule has 2 aromatic heterocycles. The van der Waals surface area contributed by atoms with Crippen molar-refractivity contribution in [1.29, 1.82) is 0 Å². The number of benzene rings is 3. The first-order valence-corrected chi connectivity index (χ1v) is 14.5. The number of anilines is 1. The van der Waals surface area contributed by atoms with Crippen molar-refractivity contribution >= 4 is 62.5 Å². The fraction of sp³-hybridized carbons (Fsp3) is 0.143. The lowest BCUT2D eigenvalue weighted by Crippen LogP contribution is -2.12. The van der Waals surface area contributed by atoms with Crippen LogP contribution in [0.25, 0.3) is 10.2 Å². The third-order valence-electron chi connectivity index (χ3n) is 6.21. The molecule has 0 saturated carbocycles. The van der Waals surface area contributed by atoms with Gasteiger partial charge in [-0.2, -0.15) is 0 Å². The van der Waals surface area contributed by atoms with Crippen LogP contribution in [0.5, 0.6) is 0 Å². The van der Waals surface area contributed by atoms with Crippen LogP contribution in [-0.4, -0.2) is 9.97 Å². The fourth-order valence-corrected chi connectivity index (χ4v) is 8.71. The average Bonchev–Trinajstić information content (AvgIpc) is 3.27. The molecule has 7 heteroatoms. The van der Waals surface area contributed by atoms with E-state index in [1.54, 1.807) is 23.1 Å². The number of nitrogens with two attached hydrogens (primary N) is 1. The second-order valence-corrected chi connectivity index (χ2v) is 12.1. The Bertz CT molecular complexity index is 1490. The van der Waals surface area contributed by atoms with Crippen molar-refractivity contribution in [3.05, 3.63) is 117 Å². The Morgan fingerprint density at radius 1 is 0.886 bits per heavy atom. The Morgan fingerprint density at radius 3 is 2.31 bits per heavy atom. The predicted molar refractivity (Wildman–Crippen MR) is 152 cm³/mol. The van der Waals surface area contributed by atoms with Crippen molar-refractivity contribution in [2.45, 2.75) is 27.8 Å². The molecule has 174 valence electrons. The Morgan fingerprint density at radius 2 is 1.57 bits per heavy atom. The third-order valence-corrected chi connectivity index (χ3v) is 10.4. The van der Waals surface area contributed by atoms with Gasteiger partial charge in [-0.3, -0.25) is 0 Å². The summed E-state index contributed by atoms with van der Waals surface area (Å²) in [7, 11) is 0. The van der Waals surface area contributed by atoms with Crippen LogP contribution < -0.4 is 5.73 Å². The smallest absolute Gasteiger partial charge is 0.191 e. The lowest BCUT2D eigenvalue weighted by molar-refractivity contribution is 0.893. The molecule has 1 aliphatic rings. The molecule has 0 radical (unpaired) electrons. The van der Waals surface area contributed by atoms with Gasteiger partial charge in [-0.05, 0) is 34.7 Å². The molecule has 35 heavy (non-hydrogen) atoms. The molecule has 3 aromatic carbocycles. The van der Waals surface area contributed by atoms with Crippen molar-refractivity contribution in [3.8, 4) is 0 Å².